The molecule has 0 saturated heterocycles. The molecule has 1 aromatic carbocycles. The second kappa shape index (κ2) is 5.92. The quantitative estimate of drug-likeness (QED) is 0.833. The predicted octanol–water partition coefficient (Wildman–Crippen LogP) is 2.37. The number of rotatable bonds is 4. The fourth-order valence-electron chi connectivity index (χ4n) is 2.74. The Morgan fingerprint density at radius 3 is 2.84 bits per heavy atom. The minimum atomic E-state index is -3.43. The van der Waals surface area contributed by atoms with E-state index in [0.29, 0.717) is 24.1 Å². The van der Waals surface area contributed by atoms with Crippen LogP contribution in [0.1, 0.15) is 32.6 Å². The van der Waals surface area contributed by atoms with Gasteiger partial charge in [0.25, 0.3) is 0 Å². The average Bonchev–Trinajstić information content (AvgIpc) is 2.37. The highest BCUT2D eigenvalue weighted by Gasteiger charge is 2.21. The maximum absolute atomic E-state index is 12.1. The molecule has 2 rings (SSSR count). The Morgan fingerprint density at radius 2 is 2.16 bits per heavy atom. The molecule has 0 heterocycles. The van der Waals surface area contributed by atoms with E-state index in [4.69, 9.17) is 5.73 Å². The molecule has 0 amide bonds. The minimum Gasteiger partial charge on any atom is -0.399 e. The first-order valence-electron chi connectivity index (χ1n) is 6.82. The second-order valence-electron chi connectivity index (χ2n) is 5.56. The van der Waals surface area contributed by atoms with Gasteiger partial charge in [-0.2, -0.15) is 0 Å². The number of hydrogen-bond donors (Lipinski definition) is 2. The summed E-state index contributed by atoms with van der Waals surface area (Å²) in [5, 5.41) is 0. The zero-order valence-electron chi connectivity index (χ0n) is 11.3. The van der Waals surface area contributed by atoms with E-state index in [1.807, 2.05) is 0 Å². The molecular formula is C14H22N2O2S. The number of anilines is 1. The fourth-order valence-corrected chi connectivity index (χ4v) is 3.91. The third-order valence-corrected chi connectivity index (χ3v) is 5.20. The molecular weight excluding hydrogens is 260 g/mol. The van der Waals surface area contributed by atoms with Crippen LogP contribution < -0.4 is 10.5 Å². The van der Waals surface area contributed by atoms with Gasteiger partial charge >= 0.3 is 0 Å². The molecule has 1 aliphatic carbocycles. The largest absolute Gasteiger partial charge is 0.399 e. The molecule has 0 aromatic heterocycles. The fraction of sp³-hybridized carbons (Fsp3) is 0.571. The average molecular weight is 282 g/mol. The lowest BCUT2D eigenvalue weighted by atomic mass is 9.83. The molecule has 19 heavy (non-hydrogen) atoms. The summed E-state index contributed by atoms with van der Waals surface area (Å²) in [6, 6.07) is 6.41. The SMILES string of the molecule is CC1CCCC(CNS(=O)(=O)c2cccc(N)c2)C1. The molecule has 1 aliphatic rings. The monoisotopic (exact) mass is 282 g/mol. The number of sulfonamides is 1. The van der Waals surface area contributed by atoms with Gasteiger partial charge in [-0.05, 0) is 42.9 Å². The van der Waals surface area contributed by atoms with Crippen LogP contribution in [-0.2, 0) is 10.0 Å². The zero-order valence-corrected chi connectivity index (χ0v) is 12.1. The zero-order chi connectivity index (χ0) is 13.9. The van der Waals surface area contributed by atoms with Crippen molar-refractivity contribution in [1.29, 1.82) is 0 Å². The second-order valence-corrected chi connectivity index (χ2v) is 7.33. The number of hydrogen-bond acceptors (Lipinski definition) is 3. The Balaban J connectivity index is 1.98. The standard InChI is InChI=1S/C14H22N2O2S/c1-11-4-2-5-12(8-11)10-16-19(17,18)14-7-3-6-13(15)9-14/h3,6-7,9,11-12,16H,2,4-5,8,10,15H2,1H3. The first-order chi connectivity index (χ1) is 8.97. The van der Waals surface area contributed by atoms with E-state index in [1.165, 1.54) is 18.9 Å². The molecule has 2 atom stereocenters. The predicted molar refractivity (Wildman–Crippen MR) is 77.2 cm³/mol. The van der Waals surface area contributed by atoms with Gasteiger partial charge in [0.2, 0.25) is 10.0 Å². The Labute approximate surface area is 115 Å². The van der Waals surface area contributed by atoms with Crippen molar-refractivity contribution in [2.24, 2.45) is 11.8 Å². The molecule has 0 bridgehead atoms. The molecule has 2 unspecified atom stereocenters. The Bertz CT molecular complexity index is 528. The van der Waals surface area contributed by atoms with Crippen LogP contribution in [-0.4, -0.2) is 15.0 Å². The number of benzene rings is 1. The van der Waals surface area contributed by atoms with E-state index in [9.17, 15) is 8.42 Å². The highest BCUT2D eigenvalue weighted by molar-refractivity contribution is 7.89. The first kappa shape index (κ1) is 14.3. The van der Waals surface area contributed by atoms with Crippen molar-refractivity contribution in [3.8, 4) is 0 Å². The number of nitrogen functional groups attached to an aromatic ring is 1. The van der Waals surface area contributed by atoms with Crippen molar-refractivity contribution in [2.75, 3.05) is 12.3 Å². The summed E-state index contributed by atoms with van der Waals surface area (Å²) in [7, 11) is -3.43. The van der Waals surface area contributed by atoms with Crippen molar-refractivity contribution >= 4 is 15.7 Å². The molecule has 106 valence electrons. The maximum Gasteiger partial charge on any atom is 0.240 e. The minimum absolute atomic E-state index is 0.247. The van der Waals surface area contributed by atoms with Crippen molar-refractivity contribution < 1.29 is 8.42 Å². The van der Waals surface area contributed by atoms with Crippen molar-refractivity contribution in [3.63, 3.8) is 0 Å². The molecule has 0 radical (unpaired) electrons. The molecule has 3 N–H and O–H groups in total. The van der Waals surface area contributed by atoms with E-state index in [2.05, 4.69) is 11.6 Å². The molecule has 4 nitrogen and oxygen atoms in total. The van der Waals surface area contributed by atoms with Gasteiger partial charge < -0.3 is 5.73 Å². The van der Waals surface area contributed by atoms with E-state index in [-0.39, 0.29) is 4.90 Å². The van der Waals surface area contributed by atoms with Crippen LogP contribution in [0.3, 0.4) is 0 Å². The third kappa shape index (κ3) is 3.94. The highest BCUT2D eigenvalue weighted by Crippen LogP contribution is 2.28. The maximum atomic E-state index is 12.1. The van der Waals surface area contributed by atoms with Crippen molar-refractivity contribution in [2.45, 2.75) is 37.5 Å². The van der Waals surface area contributed by atoms with Gasteiger partial charge in [0, 0.05) is 12.2 Å². The van der Waals surface area contributed by atoms with Crippen molar-refractivity contribution in [1.82, 2.24) is 4.72 Å². The summed E-state index contributed by atoms with van der Waals surface area (Å²) in [5.41, 5.74) is 6.09. The Kier molecular flexibility index (Phi) is 4.47. The smallest absolute Gasteiger partial charge is 0.240 e. The molecule has 1 fully saturated rings. The summed E-state index contributed by atoms with van der Waals surface area (Å²) < 4.78 is 27.0. The lowest BCUT2D eigenvalue weighted by Crippen LogP contribution is -2.31. The lowest BCUT2D eigenvalue weighted by Gasteiger charge is -2.26. The normalized spacial score (nSPS) is 24.3. The van der Waals surface area contributed by atoms with Crippen LogP contribution >= 0.6 is 0 Å². The number of nitrogens with two attached hydrogens (primary N) is 1. The molecule has 5 heteroatoms. The van der Waals surface area contributed by atoms with Gasteiger partial charge in [-0.3, -0.25) is 0 Å². The summed E-state index contributed by atoms with van der Waals surface area (Å²) in [5.74, 6) is 1.16. The summed E-state index contributed by atoms with van der Waals surface area (Å²) in [6.07, 6.45) is 4.69. The Morgan fingerprint density at radius 1 is 1.37 bits per heavy atom. The van der Waals surface area contributed by atoms with Gasteiger partial charge in [0.1, 0.15) is 0 Å². The van der Waals surface area contributed by atoms with Gasteiger partial charge in [0.05, 0.1) is 4.90 Å². The highest BCUT2D eigenvalue weighted by atomic mass is 32.2. The molecule has 0 spiro atoms. The van der Waals surface area contributed by atoms with Gasteiger partial charge in [0.15, 0.2) is 0 Å². The number of nitrogens with one attached hydrogen (secondary N) is 1. The van der Waals surface area contributed by atoms with E-state index in [1.54, 1.807) is 18.2 Å². The van der Waals surface area contributed by atoms with Crippen LogP contribution in [0.25, 0.3) is 0 Å². The van der Waals surface area contributed by atoms with E-state index >= 15 is 0 Å². The van der Waals surface area contributed by atoms with E-state index in [0.717, 1.165) is 12.8 Å². The van der Waals surface area contributed by atoms with Gasteiger partial charge in [-0.1, -0.05) is 25.8 Å². The molecule has 0 aliphatic heterocycles. The molecule has 1 aromatic rings. The third-order valence-electron chi connectivity index (χ3n) is 3.78. The molecule has 1 saturated carbocycles. The van der Waals surface area contributed by atoms with E-state index < -0.39 is 10.0 Å². The lowest BCUT2D eigenvalue weighted by molar-refractivity contribution is 0.283. The Hall–Kier alpha value is -1.07. The van der Waals surface area contributed by atoms with Crippen LogP contribution in [0, 0.1) is 11.8 Å². The van der Waals surface area contributed by atoms with Gasteiger partial charge in [-0.25, -0.2) is 13.1 Å². The van der Waals surface area contributed by atoms with Crippen molar-refractivity contribution in [3.05, 3.63) is 24.3 Å². The summed E-state index contributed by atoms with van der Waals surface area (Å²) >= 11 is 0. The summed E-state index contributed by atoms with van der Waals surface area (Å²) in [6.45, 7) is 2.76. The topological polar surface area (TPSA) is 72.2 Å². The van der Waals surface area contributed by atoms with Gasteiger partial charge in [-0.15, -0.1) is 0 Å². The van der Waals surface area contributed by atoms with Crippen LogP contribution in [0.4, 0.5) is 5.69 Å². The first-order valence-corrected chi connectivity index (χ1v) is 8.31. The summed E-state index contributed by atoms with van der Waals surface area (Å²) in [4.78, 5) is 0.247. The van der Waals surface area contributed by atoms with Crippen LogP contribution in [0.15, 0.2) is 29.2 Å². The van der Waals surface area contributed by atoms with Crippen LogP contribution in [0.2, 0.25) is 0 Å². The van der Waals surface area contributed by atoms with Crippen LogP contribution in [0.5, 0.6) is 0 Å².